The van der Waals surface area contributed by atoms with E-state index in [9.17, 15) is 0 Å². The number of hydrazine groups is 1. The summed E-state index contributed by atoms with van der Waals surface area (Å²) in [5.74, 6) is 3.83. The quantitative estimate of drug-likeness (QED) is 0.537. The smallest absolute Gasteiger partial charge is 0.188 e. The van der Waals surface area contributed by atoms with Crippen molar-refractivity contribution in [2.24, 2.45) is 29.6 Å². The molecular weight excluding hydrogens is 220 g/mol. The van der Waals surface area contributed by atoms with Crippen molar-refractivity contribution in [3.63, 3.8) is 0 Å². The Bertz CT molecular complexity index is 395. The van der Waals surface area contributed by atoms with Crippen molar-refractivity contribution in [2.45, 2.75) is 40.2 Å². The minimum atomic E-state index is 0.648. The van der Waals surface area contributed by atoms with Crippen molar-refractivity contribution < 1.29 is 4.68 Å². The molecule has 2 heteroatoms. The van der Waals surface area contributed by atoms with Crippen LogP contribution in [0.4, 0.5) is 0 Å². The lowest BCUT2D eigenvalue weighted by atomic mass is 9.89. The van der Waals surface area contributed by atoms with E-state index in [1.165, 1.54) is 13.0 Å². The lowest BCUT2D eigenvalue weighted by Gasteiger charge is -2.22. The first-order valence-corrected chi connectivity index (χ1v) is 7.56. The zero-order chi connectivity index (χ0) is 13.0. The Labute approximate surface area is 111 Å². The Morgan fingerprint density at radius 3 is 2.33 bits per heavy atom. The first-order chi connectivity index (χ1) is 8.50. The van der Waals surface area contributed by atoms with E-state index in [1.807, 2.05) is 0 Å². The van der Waals surface area contributed by atoms with Gasteiger partial charge in [-0.3, -0.25) is 0 Å². The highest BCUT2D eigenvalue weighted by molar-refractivity contribution is 5.83. The summed E-state index contributed by atoms with van der Waals surface area (Å²) in [6.45, 7) is 10.6. The molecule has 0 aromatic carbocycles. The van der Waals surface area contributed by atoms with Gasteiger partial charge in [-0.25, -0.2) is 0 Å². The summed E-state index contributed by atoms with van der Waals surface area (Å²) in [6.07, 6.45) is 6.37. The normalized spacial score (nSPS) is 37.3. The zero-order valence-electron chi connectivity index (χ0n) is 12.4. The Hall–Kier alpha value is -0.790. The van der Waals surface area contributed by atoms with E-state index in [4.69, 9.17) is 0 Å². The molecule has 0 amide bonds. The summed E-state index contributed by atoms with van der Waals surface area (Å²) in [7, 11) is 2.28. The molecule has 18 heavy (non-hydrogen) atoms. The molecule has 1 aliphatic heterocycles. The van der Waals surface area contributed by atoms with Gasteiger partial charge in [0.1, 0.15) is 0 Å². The number of hydrogen-bond acceptors (Lipinski definition) is 1. The fraction of sp³-hybridized carbons (Fsp3) is 0.812. The molecule has 1 saturated carbocycles. The van der Waals surface area contributed by atoms with E-state index in [0.717, 1.165) is 23.8 Å². The van der Waals surface area contributed by atoms with Crippen LogP contribution in [0.15, 0.2) is 12.2 Å². The van der Waals surface area contributed by atoms with E-state index >= 15 is 0 Å². The van der Waals surface area contributed by atoms with Gasteiger partial charge in [0.25, 0.3) is 0 Å². The van der Waals surface area contributed by atoms with Gasteiger partial charge in [-0.05, 0) is 12.3 Å². The first kappa shape index (κ1) is 12.3. The van der Waals surface area contributed by atoms with Crippen LogP contribution in [-0.4, -0.2) is 35.0 Å². The summed E-state index contributed by atoms with van der Waals surface area (Å²) in [6, 6.07) is 0.754. The maximum absolute atomic E-state index is 2.67. The number of nitrogens with zero attached hydrogens (tertiary/aromatic N) is 2. The molecule has 0 spiro atoms. The van der Waals surface area contributed by atoms with Crippen LogP contribution in [0.25, 0.3) is 0 Å². The molecule has 0 radical (unpaired) electrons. The number of hydrogen-bond donors (Lipinski definition) is 0. The summed E-state index contributed by atoms with van der Waals surface area (Å²) in [5, 5.41) is 2.50. The average molecular weight is 247 g/mol. The molecule has 4 unspecified atom stereocenters. The molecule has 0 aromatic rings. The molecule has 2 nitrogen and oxygen atoms in total. The molecule has 100 valence electrons. The topological polar surface area (TPSA) is 6.25 Å². The third-order valence-corrected chi connectivity index (χ3v) is 5.15. The fourth-order valence-electron chi connectivity index (χ4n) is 4.69. The Morgan fingerprint density at radius 1 is 1.11 bits per heavy atom. The van der Waals surface area contributed by atoms with Gasteiger partial charge in [0.05, 0.1) is 19.5 Å². The second-order valence-corrected chi connectivity index (χ2v) is 7.02. The maximum Gasteiger partial charge on any atom is 0.192 e. The summed E-state index contributed by atoms with van der Waals surface area (Å²) >= 11 is 0. The van der Waals surface area contributed by atoms with Crippen LogP contribution in [0.2, 0.25) is 0 Å². The molecule has 4 atom stereocenters. The predicted octanol–water partition coefficient (Wildman–Crippen LogP) is 2.80. The van der Waals surface area contributed by atoms with Crippen LogP contribution in [0.3, 0.4) is 0 Å². The van der Waals surface area contributed by atoms with E-state index < -0.39 is 0 Å². The van der Waals surface area contributed by atoms with Gasteiger partial charge >= 0.3 is 0 Å². The van der Waals surface area contributed by atoms with Crippen LogP contribution < -0.4 is 0 Å². The molecular formula is C16H27N2+. The third kappa shape index (κ3) is 1.57. The van der Waals surface area contributed by atoms with Gasteiger partial charge in [0.15, 0.2) is 11.8 Å². The number of allylic oxidation sites excluding steroid dienone is 1. The second kappa shape index (κ2) is 4.11. The molecule has 0 aromatic heterocycles. The Balaban J connectivity index is 2.05. The SMILES string of the molecule is CC(C)C(C(C)C)=[N+]1C2C3C=CC(C3)C2CN1C. The van der Waals surface area contributed by atoms with E-state index in [0.29, 0.717) is 11.8 Å². The summed E-state index contributed by atoms with van der Waals surface area (Å²) < 4.78 is 2.67. The average Bonchev–Trinajstić information content (AvgIpc) is 2.91. The van der Waals surface area contributed by atoms with Crippen molar-refractivity contribution in [1.82, 2.24) is 5.01 Å². The van der Waals surface area contributed by atoms with Crippen LogP contribution >= 0.6 is 0 Å². The van der Waals surface area contributed by atoms with Crippen molar-refractivity contribution in [3.05, 3.63) is 12.2 Å². The molecule has 3 rings (SSSR count). The Kier molecular flexibility index (Phi) is 2.80. The molecule has 1 heterocycles. The summed E-state index contributed by atoms with van der Waals surface area (Å²) in [4.78, 5) is 0. The maximum atomic E-state index is 2.67. The van der Waals surface area contributed by atoms with E-state index in [1.54, 1.807) is 5.71 Å². The minimum absolute atomic E-state index is 0.648. The molecule has 2 fully saturated rings. The number of fused-ring (bicyclic) bond motifs is 5. The molecule has 2 aliphatic carbocycles. The van der Waals surface area contributed by atoms with Gasteiger partial charge in [-0.15, -0.1) is 4.68 Å². The Morgan fingerprint density at radius 2 is 1.72 bits per heavy atom. The van der Waals surface area contributed by atoms with Gasteiger partial charge in [0.2, 0.25) is 0 Å². The second-order valence-electron chi connectivity index (χ2n) is 7.02. The van der Waals surface area contributed by atoms with Gasteiger partial charge < -0.3 is 0 Å². The largest absolute Gasteiger partial charge is 0.192 e. The van der Waals surface area contributed by atoms with E-state index in [-0.39, 0.29) is 0 Å². The molecule has 2 bridgehead atoms. The highest BCUT2D eigenvalue weighted by Gasteiger charge is 2.58. The summed E-state index contributed by atoms with van der Waals surface area (Å²) in [5.41, 5.74) is 1.63. The van der Waals surface area contributed by atoms with Crippen molar-refractivity contribution in [2.75, 3.05) is 13.6 Å². The molecule has 1 saturated heterocycles. The molecule has 3 aliphatic rings. The number of hydrazone groups is 1. The van der Waals surface area contributed by atoms with Crippen molar-refractivity contribution >= 4 is 5.71 Å². The van der Waals surface area contributed by atoms with Gasteiger partial charge in [-0.2, -0.15) is 5.01 Å². The minimum Gasteiger partial charge on any atom is -0.188 e. The highest BCUT2D eigenvalue weighted by Crippen LogP contribution is 2.48. The predicted molar refractivity (Wildman–Crippen MR) is 75.6 cm³/mol. The lowest BCUT2D eigenvalue weighted by molar-refractivity contribution is -0.695. The fourth-order valence-corrected chi connectivity index (χ4v) is 4.69. The van der Waals surface area contributed by atoms with Crippen LogP contribution in [0.1, 0.15) is 34.1 Å². The highest BCUT2D eigenvalue weighted by atomic mass is 15.6. The van der Waals surface area contributed by atoms with Crippen molar-refractivity contribution in [3.8, 4) is 0 Å². The lowest BCUT2D eigenvalue weighted by Crippen LogP contribution is -2.41. The van der Waals surface area contributed by atoms with Crippen LogP contribution in [-0.2, 0) is 0 Å². The van der Waals surface area contributed by atoms with Gasteiger partial charge in [-0.1, -0.05) is 39.8 Å². The standard InChI is InChI=1S/C16H27N2/c1-10(2)15(11(3)4)18-16-13-7-6-12(8-13)14(16)9-17(18)5/h6-7,10-14,16H,8-9H2,1-5H3/q+1. The number of rotatable bonds is 2. The first-order valence-electron chi connectivity index (χ1n) is 7.56. The van der Waals surface area contributed by atoms with Crippen LogP contribution in [0, 0.1) is 29.6 Å². The van der Waals surface area contributed by atoms with Crippen molar-refractivity contribution in [1.29, 1.82) is 0 Å². The van der Waals surface area contributed by atoms with Gasteiger partial charge in [0, 0.05) is 17.8 Å². The van der Waals surface area contributed by atoms with Crippen LogP contribution in [0.5, 0.6) is 0 Å². The monoisotopic (exact) mass is 247 g/mol. The molecule has 0 N–H and O–H groups in total. The zero-order valence-corrected chi connectivity index (χ0v) is 12.4. The van der Waals surface area contributed by atoms with E-state index in [2.05, 4.69) is 56.6 Å². The third-order valence-electron chi connectivity index (χ3n) is 5.15.